The van der Waals surface area contributed by atoms with E-state index in [0.29, 0.717) is 24.6 Å². The second-order valence-electron chi connectivity index (χ2n) is 5.41. The summed E-state index contributed by atoms with van der Waals surface area (Å²) in [7, 11) is 1.65. The maximum Gasteiger partial charge on any atom is 0.306 e. The Morgan fingerprint density at radius 3 is 2.65 bits per heavy atom. The van der Waals surface area contributed by atoms with E-state index >= 15 is 0 Å². The minimum Gasteiger partial charge on any atom is -0.481 e. The molecule has 1 aliphatic carbocycles. The highest BCUT2D eigenvalue weighted by Crippen LogP contribution is 2.39. The van der Waals surface area contributed by atoms with Gasteiger partial charge in [0.05, 0.1) is 5.92 Å². The van der Waals surface area contributed by atoms with E-state index in [4.69, 9.17) is 14.4 Å². The number of methoxy groups -OCH3 is 1. The summed E-state index contributed by atoms with van der Waals surface area (Å²) in [5.41, 5.74) is -0.507. The molecule has 2 atom stereocenters. The molecule has 6 nitrogen and oxygen atoms in total. The van der Waals surface area contributed by atoms with Gasteiger partial charge in [-0.1, -0.05) is 19.0 Å². The molecular weight excluding hydrogens is 260 g/mol. The van der Waals surface area contributed by atoms with E-state index in [1.165, 1.54) is 0 Å². The van der Waals surface area contributed by atoms with Gasteiger partial charge in [0.15, 0.2) is 0 Å². The maximum atomic E-state index is 11.0. The second-order valence-corrected chi connectivity index (χ2v) is 5.41. The van der Waals surface area contributed by atoms with Gasteiger partial charge in [-0.25, -0.2) is 0 Å². The lowest BCUT2D eigenvalue weighted by molar-refractivity contribution is -0.141. The Morgan fingerprint density at radius 2 is 2.15 bits per heavy atom. The zero-order chi connectivity index (χ0) is 14.8. The molecular formula is C14H22N2O4. The van der Waals surface area contributed by atoms with Crippen LogP contribution in [-0.4, -0.2) is 28.3 Å². The smallest absolute Gasteiger partial charge is 0.306 e. The first-order valence-electron chi connectivity index (χ1n) is 7.18. The minimum absolute atomic E-state index is 0.0561. The highest BCUT2D eigenvalue weighted by atomic mass is 16.5. The third kappa shape index (κ3) is 2.57. The van der Waals surface area contributed by atoms with Crippen molar-refractivity contribution in [3.63, 3.8) is 0 Å². The van der Waals surface area contributed by atoms with Crippen molar-refractivity contribution in [1.82, 2.24) is 10.1 Å². The summed E-state index contributed by atoms with van der Waals surface area (Å²) >= 11 is 0. The minimum atomic E-state index is -0.736. The summed E-state index contributed by atoms with van der Waals surface area (Å²) in [5.74, 6) is 0.145. The highest BCUT2D eigenvalue weighted by molar-refractivity contribution is 5.70. The maximum absolute atomic E-state index is 11.0. The van der Waals surface area contributed by atoms with E-state index < -0.39 is 11.6 Å². The molecule has 0 spiro atoms. The molecule has 6 heteroatoms. The molecule has 0 amide bonds. The van der Waals surface area contributed by atoms with Gasteiger partial charge in [0, 0.05) is 13.0 Å². The third-order valence-corrected chi connectivity index (χ3v) is 4.51. The molecule has 0 aliphatic heterocycles. The molecule has 1 heterocycles. The standard InChI is InChI=1S/C14H22N2O4/c1-4-14(5-2,19-3)13-15-11(20-16-13)9-6-7-10(8-9)12(17)18/h9-10H,4-8H2,1-3H3,(H,17,18). The van der Waals surface area contributed by atoms with Crippen molar-refractivity contribution < 1.29 is 19.2 Å². The SMILES string of the molecule is CCC(CC)(OC)c1noc(C2CCC(C(=O)O)C2)n1. The topological polar surface area (TPSA) is 85.5 Å². The van der Waals surface area contributed by atoms with Crippen LogP contribution in [0.2, 0.25) is 0 Å². The molecule has 112 valence electrons. The van der Waals surface area contributed by atoms with Crippen molar-refractivity contribution in [2.24, 2.45) is 5.92 Å². The molecule has 0 bridgehead atoms. The first kappa shape index (κ1) is 15.0. The van der Waals surface area contributed by atoms with E-state index in [2.05, 4.69) is 10.1 Å². The number of hydrogen-bond donors (Lipinski definition) is 1. The lowest BCUT2D eigenvalue weighted by Gasteiger charge is -2.25. The van der Waals surface area contributed by atoms with Crippen LogP contribution in [0.5, 0.6) is 0 Å². The quantitative estimate of drug-likeness (QED) is 0.863. The van der Waals surface area contributed by atoms with Gasteiger partial charge >= 0.3 is 5.97 Å². The first-order valence-corrected chi connectivity index (χ1v) is 7.18. The van der Waals surface area contributed by atoms with E-state index in [9.17, 15) is 4.79 Å². The number of aromatic nitrogens is 2. The summed E-state index contributed by atoms with van der Waals surface area (Å²) < 4.78 is 10.9. The molecule has 2 unspecified atom stereocenters. The summed E-state index contributed by atoms with van der Waals surface area (Å²) in [6, 6.07) is 0. The fourth-order valence-corrected chi connectivity index (χ4v) is 2.96. The zero-order valence-electron chi connectivity index (χ0n) is 12.3. The molecule has 0 aromatic carbocycles. The monoisotopic (exact) mass is 282 g/mol. The summed E-state index contributed by atoms with van der Waals surface area (Å²) in [5, 5.41) is 13.1. The van der Waals surface area contributed by atoms with E-state index in [1.807, 2.05) is 13.8 Å². The van der Waals surface area contributed by atoms with Gasteiger partial charge in [-0.2, -0.15) is 4.98 Å². The number of nitrogens with zero attached hydrogens (tertiary/aromatic N) is 2. The van der Waals surface area contributed by atoms with Crippen molar-refractivity contribution >= 4 is 5.97 Å². The van der Waals surface area contributed by atoms with Crippen molar-refractivity contribution in [2.45, 2.75) is 57.5 Å². The fraction of sp³-hybridized carbons (Fsp3) is 0.786. The first-order chi connectivity index (χ1) is 9.56. The molecule has 2 rings (SSSR count). The van der Waals surface area contributed by atoms with E-state index in [-0.39, 0.29) is 11.8 Å². The van der Waals surface area contributed by atoms with Crippen molar-refractivity contribution in [1.29, 1.82) is 0 Å². The normalized spacial score (nSPS) is 23.1. The Kier molecular flexibility index (Phi) is 4.42. The van der Waals surface area contributed by atoms with Crippen LogP contribution in [0.25, 0.3) is 0 Å². The average Bonchev–Trinajstić information content (AvgIpc) is 3.10. The number of carbonyl (C=O) groups is 1. The number of aliphatic carboxylic acids is 1. The van der Waals surface area contributed by atoms with Crippen molar-refractivity contribution in [2.75, 3.05) is 7.11 Å². The molecule has 1 saturated carbocycles. The summed E-state index contributed by atoms with van der Waals surface area (Å²) in [6.45, 7) is 4.05. The van der Waals surface area contributed by atoms with Crippen LogP contribution in [0.4, 0.5) is 0 Å². The van der Waals surface area contributed by atoms with E-state index in [1.54, 1.807) is 7.11 Å². The highest BCUT2D eigenvalue weighted by Gasteiger charge is 2.37. The van der Waals surface area contributed by atoms with Crippen LogP contribution < -0.4 is 0 Å². The van der Waals surface area contributed by atoms with Crippen LogP contribution in [0, 0.1) is 5.92 Å². The summed E-state index contributed by atoms with van der Waals surface area (Å²) in [6.07, 6.45) is 3.57. The number of rotatable bonds is 6. The lowest BCUT2D eigenvalue weighted by atomic mass is 9.96. The fourth-order valence-electron chi connectivity index (χ4n) is 2.96. The van der Waals surface area contributed by atoms with Gasteiger partial charge in [-0.05, 0) is 32.1 Å². The number of carboxylic acid groups (broad SMARTS) is 1. The number of carboxylic acids is 1. The van der Waals surface area contributed by atoms with Gasteiger partial charge in [-0.15, -0.1) is 0 Å². The molecule has 1 aromatic rings. The summed E-state index contributed by atoms with van der Waals surface area (Å²) in [4.78, 5) is 15.5. The second kappa shape index (κ2) is 5.91. The molecule has 0 saturated heterocycles. The predicted molar refractivity (Wildman–Crippen MR) is 71.3 cm³/mol. The van der Waals surface area contributed by atoms with Gasteiger partial charge in [0.25, 0.3) is 0 Å². The van der Waals surface area contributed by atoms with Crippen LogP contribution >= 0.6 is 0 Å². The lowest BCUT2D eigenvalue weighted by Crippen LogP contribution is -2.28. The molecule has 20 heavy (non-hydrogen) atoms. The number of hydrogen-bond acceptors (Lipinski definition) is 5. The number of ether oxygens (including phenoxy) is 1. The van der Waals surface area contributed by atoms with Crippen LogP contribution in [0.3, 0.4) is 0 Å². The van der Waals surface area contributed by atoms with Gasteiger partial charge < -0.3 is 14.4 Å². The average molecular weight is 282 g/mol. The van der Waals surface area contributed by atoms with Crippen LogP contribution in [-0.2, 0) is 15.1 Å². The van der Waals surface area contributed by atoms with Gasteiger partial charge in [-0.3, -0.25) is 4.79 Å². The largest absolute Gasteiger partial charge is 0.481 e. The molecule has 1 fully saturated rings. The van der Waals surface area contributed by atoms with E-state index in [0.717, 1.165) is 19.3 Å². The predicted octanol–water partition coefficient (Wildman–Crippen LogP) is 2.70. The Balaban J connectivity index is 2.15. The van der Waals surface area contributed by atoms with Crippen molar-refractivity contribution in [3.8, 4) is 0 Å². The third-order valence-electron chi connectivity index (χ3n) is 4.51. The van der Waals surface area contributed by atoms with Crippen LogP contribution in [0.1, 0.15) is 63.6 Å². The van der Waals surface area contributed by atoms with Crippen molar-refractivity contribution in [3.05, 3.63) is 11.7 Å². The Labute approximate surface area is 118 Å². The molecule has 1 aromatic heterocycles. The van der Waals surface area contributed by atoms with Gasteiger partial charge in [0.1, 0.15) is 5.60 Å². The molecule has 0 radical (unpaired) electrons. The zero-order valence-corrected chi connectivity index (χ0v) is 12.3. The Morgan fingerprint density at radius 1 is 1.45 bits per heavy atom. The van der Waals surface area contributed by atoms with Crippen LogP contribution in [0.15, 0.2) is 4.52 Å². The Bertz CT molecular complexity index is 459. The van der Waals surface area contributed by atoms with Gasteiger partial charge in [0.2, 0.25) is 11.7 Å². The Hall–Kier alpha value is -1.43. The molecule has 1 N–H and O–H groups in total. The molecule has 1 aliphatic rings.